The van der Waals surface area contributed by atoms with Crippen LogP contribution in [0.3, 0.4) is 0 Å². The van der Waals surface area contributed by atoms with Crippen LogP contribution in [0.25, 0.3) is 0 Å². The number of hydrogen-bond acceptors (Lipinski definition) is 2. The van der Waals surface area contributed by atoms with Crippen LogP contribution in [0.15, 0.2) is 11.8 Å². The number of ketones is 1. The number of carbonyl (C=O) groups is 1. The molecule has 2 nitrogen and oxygen atoms in total. The van der Waals surface area contributed by atoms with E-state index in [-0.39, 0.29) is 11.3 Å². The highest BCUT2D eigenvalue weighted by molar-refractivity contribution is 5.96. The summed E-state index contributed by atoms with van der Waals surface area (Å²) in [5.74, 6) is -0.362. The molecule has 0 saturated heterocycles. The summed E-state index contributed by atoms with van der Waals surface area (Å²) in [6, 6.07) is 0. The molecule has 0 amide bonds. The molecule has 1 aliphatic rings. The molecular formula is C11H18FNO. The van der Waals surface area contributed by atoms with Crippen LogP contribution in [-0.4, -0.2) is 29.4 Å². The summed E-state index contributed by atoms with van der Waals surface area (Å²) >= 11 is 0. The van der Waals surface area contributed by atoms with E-state index >= 15 is 0 Å². The fourth-order valence-corrected chi connectivity index (χ4v) is 1.58. The van der Waals surface area contributed by atoms with Gasteiger partial charge in [0.05, 0.1) is 0 Å². The van der Waals surface area contributed by atoms with Gasteiger partial charge >= 0.3 is 0 Å². The van der Waals surface area contributed by atoms with Crippen LogP contribution in [0, 0.1) is 0 Å². The molecule has 0 atom stereocenters. The molecule has 0 aromatic carbocycles. The Morgan fingerprint density at radius 2 is 2.21 bits per heavy atom. The van der Waals surface area contributed by atoms with Crippen molar-refractivity contribution in [1.82, 2.24) is 4.90 Å². The number of halogens is 1. The minimum Gasteiger partial charge on any atom is -0.372 e. The number of allylic oxidation sites excluding steroid dienone is 1. The van der Waals surface area contributed by atoms with E-state index < -0.39 is 6.67 Å². The first-order chi connectivity index (χ1) is 6.45. The standard InChI is InChI=1S/C11H18FNO/c1-11(2,3)13-6-4-5-9(8-13)10(14)7-12/h8H,4-7H2,1-3H3. The maximum atomic E-state index is 12.2. The second-order valence-corrected chi connectivity index (χ2v) is 4.68. The topological polar surface area (TPSA) is 20.3 Å². The highest BCUT2D eigenvalue weighted by atomic mass is 19.1. The van der Waals surface area contributed by atoms with Gasteiger partial charge in [0.2, 0.25) is 0 Å². The maximum Gasteiger partial charge on any atom is 0.191 e. The van der Waals surface area contributed by atoms with Crippen LogP contribution in [0.5, 0.6) is 0 Å². The lowest BCUT2D eigenvalue weighted by molar-refractivity contribution is -0.116. The van der Waals surface area contributed by atoms with Crippen molar-refractivity contribution in [3.05, 3.63) is 11.8 Å². The van der Waals surface area contributed by atoms with Crippen molar-refractivity contribution in [1.29, 1.82) is 0 Å². The quantitative estimate of drug-likeness (QED) is 0.680. The molecule has 1 heterocycles. The summed E-state index contributed by atoms with van der Waals surface area (Å²) in [6.07, 6.45) is 3.48. The third-order valence-corrected chi connectivity index (χ3v) is 2.50. The second-order valence-electron chi connectivity index (χ2n) is 4.68. The number of hydrogen-bond donors (Lipinski definition) is 0. The molecule has 0 spiro atoms. The lowest BCUT2D eigenvalue weighted by Crippen LogP contribution is -2.40. The van der Waals surface area contributed by atoms with Crippen LogP contribution in [-0.2, 0) is 4.79 Å². The Bertz CT molecular complexity index is 253. The number of alkyl halides is 1. The fraction of sp³-hybridized carbons (Fsp3) is 0.727. The predicted molar refractivity (Wildman–Crippen MR) is 54.8 cm³/mol. The van der Waals surface area contributed by atoms with E-state index in [1.807, 2.05) is 6.20 Å². The van der Waals surface area contributed by atoms with Crippen LogP contribution in [0.4, 0.5) is 4.39 Å². The Morgan fingerprint density at radius 3 is 2.71 bits per heavy atom. The molecule has 1 aliphatic heterocycles. The molecule has 0 aliphatic carbocycles. The average molecular weight is 199 g/mol. The highest BCUT2D eigenvalue weighted by Gasteiger charge is 2.23. The molecule has 0 N–H and O–H groups in total. The molecule has 0 bridgehead atoms. The third kappa shape index (κ3) is 2.56. The lowest BCUT2D eigenvalue weighted by Gasteiger charge is -2.37. The third-order valence-electron chi connectivity index (χ3n) is 2.50. The zero-order chi connectivity index (χ0) is 10.8. The normalized spacial score (nSPS) is 18.0. The molecule has 14 heavy (non-hydrogen) atoms. The van der Waals surface area contributed by atoms with Gasteiger partial charge in [-0.25, -0.2) is 4.39 Å². The Morgan fingerprint density at radius 1 is 1.57 bits per heavy atom. The first-order valence-corrected chi connectivity index (χ1v) is 5.02. The summed E-state index contributed by atoms with van der Waals surface area (Å²) < 4.78 is 12.2. The monoisotopic (exact) mass is 199 g/mol. The van der Waals surface area contributed by atoms with Crippen LogP contribution < -0.4 is 0 Å². The SMILES string of the molecule is CC(C)(C)N1C=C(C(=O)CF)CCC1. The molecule has 0 aromatic heterocycles. The Kier molecular flexibility index (Phi) is 3.29. The van der Waals surface area contributed by atoms with Gasteiger partial charge in [-0.1, -0.05) is 0 Å². The van der Waals surface area contributed by atoms with Crippen LogP contribution in [0.1, 0.15) is 33.6 Å². The summed E-state index contributed by atoms with van der Waals surface area (Å²) in [6.45, 7) is 6.35. The van der Waals surface area contributed by atoms with E-state index in [0.29, 0.717) is 5.57 Å². The second kappa shape index (κ2) is 4.11. The van der Waals surface area contributed by atoms with Crippen molar-refractivity contribution in [3.63, 3.8) is 0 Å². The van der Waals surface area contributed by atoms with Gasteiger partial charge < -0.3 is 4.90 Å². The van der Waals surface area contributed by atoms with Crippen molar-refractivity contribution < 1.29 is 9.18 Å². The van der Waals surface area contributed by atoms with Gasteiger partial charge in [-0.05, 0) is 33.6 Å². The van der Waals surface area contributed by atoms with Gasteiger partial charge in [0.1, 0.15) is 0 Å². The average Bonchev–Trinajstić information content (AvgIpc) is 2.15. The van der Waals surface area contributed by atoms with Crippen molar-refractivity contribution in [2.45, 2.75) is 39.2 Å². The van der Waals surface area contributed by atoms with E-state index in [1.54, 1.807) is 0 Å². The van der Waals surface area contributed by atoms with Gasteiger partial charge in [-0.3, -0.25) is 4.79 Å². The van der Waals surface area contributed by atoms with Gasteiger partial charge in [0, 0.05) is 23.9 Å². The largest absolute Gasteiger partial charge is 0.372 e. The maximum absolute atomic E-state index is 12.2. The molecule has 3 heteroatoms. The molecule has 0 fully saturated rings. The van der Waals surface area contributed by atoms with E-state index in [2.05, 4.69) is 25.7 Å². The Balaban J connectivity index is 2.79. The number of carbonyl (C=O) groups excluding carboxylic acids is 1. The molecule has 0 unspecified atom stereocenters. The molecule has 0 radical (unpaired) electrons. The highest BCUT2D eigenvalue weighted by Crippen LogP contribution is 2.22. The van der Waals surface area contributed by atoms with Gasteiger partial charge in [-0.2, -0.15) is 0 Å². The summed E-state index contributed by atoms with van der Waals surface area (Å²) in [7, 11) is 0. The molecular weight excluding hydrogens is 181 g/mol. The molecule has 80 valence electrons. The van der Waals surface area contributed by atoms with Crippen LogP contribution in [0.2, 0.25) is 0 Å². The van der Waals surface area contributed by atoms with Crippen molar-refractivity contribution in [3.8, 4) is 0 Å². The first-order valence-electron chi connectivity index (χ1n) is 5.02. The molecule has 0 aromatic rings. The van der Waals surface area contributed by atoms with Crippen LogP contribution >= 0.6 is 0 Å². The van der Waals surface area contributed by atoms with E-state index in [4.69, 9.17) is 0 Å². The first kappa shape index (κ1) is 11.2. The zero-order valence-electron chi connectivity index (χ0n) is 9.14. The number of nitrogens with zero attached hydrogens (tertiary/aromatic N) is 1. The van der Waals surface area contributed by atoms with Crippen molar-refractivity contribution in [2.24, 2.45) is 0 Å². The van der Waals surface area contributed by atoms with Gasteiger partial charge in [0.15, 0.2) is 12.5 Å². The summed E-state index contributed by atoms with van der Waals surface area (Å²) in [4.78, 5) is 13.3. The van der Waals surface area contributed by atoms with E-state index in [9.17, 15) is 9.18 Å². The fourth-order valence-electron chi connectivity index (χ4n) is 1.58. The van der Waals surface area contributed by atoms with Gasteiger partial charge in [-0.15, -0.1) is 0 Å². The number of Topliss-reactive ketones (excluding diaryl/α,β-unsaturated/α-hetero) is 1. The van der Waals surface area contributed by atoms with E-state index in [0.717, 1.165) is 19.4 Å². The zero-order valence-corrected chi connectivity index (χ0v) is 9.14. The van der Waals surface area contributed by atoms with Crippen molar-refractivity contribution in [2.75, 3.05) is 13.2 Å². The molecule has 1 rings (SSSR count). The van der Waals surface area contributed by atoms with Gasteiger partial charge in [0.25, 0.3) is 0 Å². The minimum absolute atomic E-state index is 0.0161. The number of rotatable bonds is 2. The summed E-state index contributed by atoms with van der Waals surface area (Å²) in [5, 5.41) is 0. The Labute approximate surface area is 84.8 Å². The lowest BCUT2D eigenvalue weighted by atomic mass is 9.99. The molecule has 0 saturated carbocycles. The van der Waals surface area contributed by atoms with Crippen molar-refractivity contribution >= 4 is 5.78 Å². The predicted octanol–water partition coefficient (Wildman–Crippen LogP) is 2.30. The summed E-state index contributed by atoms with van der Waals surface area (Å²) in [5.41, 5.74) is 0.649. The minimum atomic E-state index is -0.871. The van der Waals surface area contributed by atoms with E-state index in [1.165, 1.54) is 0 Å². The Hall–Kier alpha value is -0.860. The smallest absolute Gasteiger partial charge is 0.191 e.